The Bertz CT molecular complexity index is 570. The molecular formula is C15H16INO2. The largest absolute Gasteiger partial charge is 0.496 e. The van der Waals surface area contributed by atoms with Crippen molar-refractivity contribution in [1.29, 1.82) is 0 Å². The minimum atomic E-state index is -0.158. The second-order valence-corrected chi connectivity index (χ2v) is 5.47. The third-order valence-electron chi connectivity index (χ3n) is 2.73. The third-order valence-corrected chi connectivity index (χ3v) is 3.40. The van der Waals surface area contributed by atoms with Crippen molar-refractivity contribution in [3.05, 3.63) is 51.6 Å². The van der Waals surface area contributed by atoms with E-state index in [1.54, 1.807) is 7.11 Å². The highest BCUT2D eigenvalue weighted by Gasteiger charge is 2.14. The quantitative estimate of drug-likeness (QED) is 0.825. The molecule has 19 heavy (non-hydrogen) atoms. The van der Waals surface area contributed by atoms with Crippen LogP contribution < -0.4 is 15.2 Å². The number of nitrogens with two attached hydrogens (primary N) is 1. The van der Waals surface area contributed by atoms with Crippen molar-refractivity contribution < 1.29 is 9.47 Å². The predicted octanol–water partition coefficient (Wildman–Crippen LogP) is 4.11. The van der Waals surface area contributed by atoms with Crippen molar-refractivity contribution in [3.8, 4) is 17.2 Å². The molecule has 2 rings (SSSR count). The lowest BCUT2D eigenvalue weighted by molar-refractivity contribution is 0.397. The van der Waals surface area contributed by atoms with Crippen molar-refractivity contribution in [3.63, 3.8) is 0 Å². The molecular weight excluding hydrogens is 353 g/mol. The fourth-order valence-corrected chi connectivity index (χ4v) is 2.41. The maximum absolute atomic E-state index is 6.01. The van der Waals surface area contributed by atoms with Crippen LogP contribution in [0.25, 0.3) is 0 Å². The molecule has 0 heterocycles. The fourth-order valence-electron chi connectivity index (χ4n) is 1.90. The molecule has 2 aromatic rings. The van der Waals surface area contributed by atoms with Crippen LogP contribution >= 0.6 is 22.6 Å². The Hall–Kier alpha value is -1.27. The highest BCUT2D eigenvalue weighted by molar-refractivity contribution is 14.1. The molecule has 0 radical (unpaired) electrons. The summed E-state index contributed by atoms with van der Waals surface area (Å²) in [4.78, 5) is 0. The number of halogens is 1. The third kappa shape index (κ3) is 3.39. The fraction of sp³-hybridized carbons (Fsp3) is 0.200. The number of ether oxygens (including phenoxy) is 2. The van der Waals surface area contributed by atoms with Gasteiger partial charge in [-0.25, -0.2) is 0 Å². The number of hydrogen-bond donors (Lipinski definition) is 1. The van der Waals surface area contributed by atoms with E-state index in [1.165, 1.54) is 0 Å². The van der Waals surface area contributed by atoms with Crippen LogP contribution in [-0.2, 0) is 0 Å². The van der Waals surface area contributed by atoms with Crippen LogP contribution in [0.15, 0.2) is 42.5 Å². The van der Waals surface area contributed by atoms with Gasteiger partial charge in [-0.2, -0.15) is 0 Å². The summed E-state index contributed by atoms with van der Waals surface area (Å²) in [7, 11) is 1.64. The molecule has 0 aromatic heterocycles. The molecule has 0 spiro atoms. The van der Waals surface area contributed by atoms with Gasteiger partial charge in [-0.15, -0.1) is 0 Å². The van der Waals surface area contributed by atoms with Gasteiger partial charge in [0.2, 0.25) is 0 Å². The first-order chi connectivity index (χ1) is 9.11. The van der Waals surface area contributed by atoms with Crippen molar-refractivity contribution in [2.75, 3.05) is 7.11 Å². The zero-order valence-corrected chi connectivity index (χ0v) is 13.0. The van der Waals surface area contributed by atoms with Gasteiger partial charge >= 0.3 is 0 Å². The van der Waals surface area contributed by atoms with E-state index in [-0.39, 0.29) is 6.04 Å². The van der Waals surface area contributed by atoms with Crippen LogP contribution in [0.2, 0.25) is 0 Å². The Morgan fingerprint density at radius 3 is 2.42 bits per heavy atom. The van der Waals surface area contributed by atoms with E-state index in [1.807, 2.05) is 49.4 Å². The number of rotatable bonds is 4. The molecule has 0 saturated heterocycles. The summed E-state index contributed by atoms with van der Waals surface area (Å²) in [5, 5.41) is 0. The Balaban J connectivity index is 2.39. The second kappa shape index (κ2) is 6.25. The first-order valence-electron chi connectivity index (χ1n) is 5.97. The lowest BCUT2D eigenvalue weighted by atomic mass is 10.1. The Morgan fingerprint density at radius 2 is 1.79 bits per heavy atom. The minimum Gasteiger partial charge on any atom is -0.496 e. The van der Waals surface area contributed by atoms with Crippen molar-refractivity contribution in [2.45, 2.75) is 13.0 Å². The molecule has 0 aliphatic rings. The molecule has 3 nitrogen and oxygen atoms in total. The zero-order chi connectivity index (χ0) is 13.8. The number of benzene rings is 2. The molecule has 100 valence electrons. The van der Waals surface area contributed by atoms with Crippen molar-refractivity contribution >= 4 is 22.6 Å². The maximum Gasteiger partial charge on any atom is 0.135 e. The van der Waals surface area contributed by atoms with Gasteiger partial charge in [0.15, 0.2) is 0 Å². The minimum absolute atomic E-state index is 0.158. The summed E-state index contributed by atoms with van der Waals surface area (Å²) < 4.78 is 12.4. The molecule has 0 amide bonds. The van der Waals surface area contributed by atoms with Gasteiger partial charge in [0.25, 0.3) is 0 Å². The number of methoxy groups -OCH3 is 1. The van der Waals surface area contributed by atoms with Crippen LogP contribution in [0.1, 0.15) is 18.5 Å². The van der Waals surface area contributed by atoms with E-state index in [4.69, 9.17) is 15.2 Å². The molecule has 0 saturated carbocycles. The molecule has 2 N–H and O–H groups in total. The van der Waals surface area contributed by atoms with Crippen LogP contribution in [0.5, 0.6) is 17.2 Å². The molecule has 0 unspecified atom stereocenters. The summed E-state index contributed by atoms with van der Waals surface area (Å²) in [6, 6.07) is 13.4. The van der Waals surface area contributed by atoms with Crippen LogP contribution in [0.4, 0.5) is 0 Å². The molecule has 4 heteroatoms. The van der Waals surface area contributed by atoms with Gasteiger partial charge in [-0.3, -0.25) is 0 Å². The normalized spacial score (nSPS) is 12.0. The first kappa shape index (κ1) is 14.1. The Labute approximate surface area is 126 Å². The van der Waals surface area contributed by atoms with Crippen LogP contribution in [-0.4, -0.2) is 7.11 Å². The summed E-state index contributed by atoms with van der Waals surface area (Å²) in [5.74, 6) is 2.27. The van der Waals surface area contributed by atoms with E-state index in [0.29, 0.717) is 0 Å². The number of hydrogen-bond acceptors (Lipinski definition) is 3. The van der Waals surface area contributed by atoms with Gasteiger partial charge in [0.05, 0.1) is 12.7 Å². The SMILES string of the molecule is COc1cccc(Oc2cccc(I)c2)c1[C@H](C)N. The van der Waals surface area contributed by atoms with E-state index < -0.39 is 0 Å². The Morgan fingerprint density at radius 1 is 1.11 bits per heavy atom. The van der Waals surface area contributed by atoms with Crippen molar-refractivity contribution in [2.24, 2.45) is 5.73 Å². The van der Waals surface area contributed by atoms with E-state index in [9.17, 15) is 0 Å². The summed E-state index contributed by atoms with van der Waals surface area (Å²) in [6.07, 6.45) is 0. The van der Waals surface area contributed by atoms with E-state index in [2.05, 4.69) is 22.6 Å². The molecule has 0 fully saturated rings. The monoisotopic (exact) mass is 369 g/mol. The maximum atomic E-state index is 6.01. The van der Waals surface area contributed by atoms with Crippen molar-refractivity contribution in [1.82, 2.24) is 0 Å². The lowest BCUT2D eigenvalue weighted by Gasteiger charge is -2.17. The topological polar surface area (TPSA) is 44.5 Å². The molecule has 0 aliphatic carbocycles. The summed E-state index contributed by atoms with van der Waals surface area (Å²) in [6.45, 7) is 1.92. The average Bonchev–Trinajstić information content (AvgIpc) is 2.38. The first-order valence-corrected chi connectivity index (χ1v) is 7.05. The van der Waals surface area contributed by atoms with Gasteiger partial charge in [-0.1, -0.05) is 12.1 Å². The lowest BCUT2D eigenvalue weighted by Crippen LogP contribution is -2.08. The second-order valence-electron chi connectivity index (χ2n) is 4.22. The average molecular weight is 369 g/mol. The van der Waals surface area contributed by atoms with Gasteiger partial charge in [-0.05, 0) is 59.8 Å². The van der Waals surface area contributed by atoms with Gasteiger partial charge in [0, 0.05) is 9.61 Å². The summed E-state index contributed by atoms with van der Waals surface area (Å²) in [5.41, 5.74) is 6.89. The highest BCUT2D eigenvalue weighted by Crippen LogP contribution is 2.35. The molecule has 2 aromatic carbocycles. The standard InChI is InChI=1S/C15H16INO2/c1-10(17)15-13(18-2)7-4-8-14(15)19-12-6-3-5-11(16)9-12/h3-10H,17H2,1-2H3/t10-/m0/s1. The van der Waals surface area contributed by atoms with Crippen LogP contribution in [0, 0.1) is 3.57 Å². The smallest absolute Gasteiger partial charge is 0.135 e. The van der Waals surface area contributed by atoms with Gasteiger partial charge < -0.3 is 15.2 Å². The zero-order valence-electron chi connectivity index (χ0n) is 10.9. The Kier molecular flexibility index (Phi) is 4.66. The predicted molar refractivity (Wildman–Crippen MR) is 84.8 cm³/mol. The van der Waals surface area contributed by atoms with Gasteiger partial charge in [0.1, 0.15) is 17.2 Å². The van der Waals surface area contributed by atoms with Crippen LogP contribution in [0.3, 0.4) is 0 Å². The molecule has 1 atom stereocenters. The van der Waals surface area contributed by atoms with E-state index in [0.717, 1.165) is 26.4 Å². The molecule has 0 bridgehead atoms. The highest BCUT2D eigenvalue weighted by atomic mass is 127. The van der Waals surface area contributed by atoms with E-state index >= 15 is 0 Å². The summed E-state index contributed by atoms with van der Waals surface area (Å²) >= 11 is 2.25. The molecule has 0 aliphatic heterocycles.